The van der Waals surface area contributed by atoms with Crippen LogP contribution in [0.4, 0.5) is 11.6 Å². The van der Waals surface area contributed by atoms with E-state index in [0.717, 1.165) is 11.6 Å². The molecule has 2 aromatic rings. The molecule has 1 heterocycles. The Morgan fingerprint density at radius 1 is 1.41 bits per heavy atom. The second-order valence-corrected chi connectivity index (χ2v) is 7.58. The second-order valence-electron chi connectivity index (χ2n) is 5.68. The summed E-state index contributed by atoms with van der Waals surface area (Å²) in [5.74, 6) is 5.11. The monoisotopic (exact) mass is 316 g/mol. The normalized spacial score (nSPS) is 12.4. The van der Waals surface area contributed by atoms with Crippen LogP contribution >= 0.6 is 10.7 Å². The number of H-pyrrole nitrogens is 1. The van der Waals surface area contributed by atoms with Gasteiger partial charge in [-0.2, -0.15) is 0 Å². The molecule has 6 heteroatoms. The minimum Gasteiger partial charge on any atom is -0.331 e. The highest BCUT2D eigenvalue weighted by Crippen LogP contribution is 2.28. The number of nitrogens with zero attached hydrogens (tertiary/aromatic N) is 2. The van der Waals surface area contributed by atoms with Crippen molar-refractivity contribution in [1.82, 2.24) is 14.3 Å². The Kier molecular flexibility index (Phi) is 5.86. The summed E-state index contributed by atoms with van der Waals surface area (Å²) in [4.78, 5) is 8.59. The van der Waals surface area contributed by atoms with Gasteiger partial charge in [-0.05, 0) is 26.2 Å². The van der Waals surface area contributed by atoms with Crippen molar-refractivity contribution >= 4 is 40.4 Å². The molecule has 2 rings (SSSR count). The first-order valence-electron chi connectivity index (χ1n) is 7.64. The van der Waals surface area contributed by atoms with Crippen molar-refractivity contribution in [2.24, 2.45) is 0 Å². The Morgan fingerprint density at radius 3 is 2.77 bits per heavy atom. The molecule has 0 bridgehead atoms. The van der Waals surface area contributed by atoms with Crippen LogP contribution in [0.5, 0.6) is 0 Å². The zero-order chi connectivity index (χ0) is 16.1. The van der Waals surface area contributed by atoms with Gasteiger partial charge in [0.2, 0.25) is 5.95 Å². The SMILES string of the molecule is C=S(c1cc(Nc2ncc[nH]2)ccc1B(C)CCC)N(C)C. The molecule has 1 atom stereocenters. The maximum Gasteiger partial charge on any atom is 0.204 e. The van der Waals surface area contributed by atoms with Crippen molar-refractivity contribution in [3.8, 4) is 0 Å². The van der Waals surface area contributed by atoms with Crippen LogP contribution in [0.25, 0.3) is 0 Å². The molecule has 118 valence electrons. The number of hydrogen-bond acceptors (Lipinski definition) is 3. The molecule has 1 aromatic carbocycles. The van der Waals surface area contributed by atoms with Gasteiger partial charge in [0.25, 0.3) is 0 Å². The summed E-state index contributed by atoms with van der Waals surface area (Å²) in [6, 6.07) is 6.57. The molecule has 0 saturated heterocycles. The van der Waals surface area contributed by atoms with Crippen molar-refractivity contribution in [3.05, 3.63) is 30.6 Å². The van der Waals surface area contributed by atoms with E-state index in [1.165, 1.54) is 23.1 Å². The van der Waals surface area contributed by atoms with Gasteiger partial charge in [-0.15, -0.1) is 0 Å². The zero-order valence-corrected chi connectivity index (χ0v) is 14.7. The molecule has 0 aliphatic rings. The molecule has 0 radical (unpaired) electrons. The van der Waals surface area contributed by atoms with Crippen LogP contribution in [0, 0.1) is 0 Å². The highest BCUT2D eigenvalue weighted by atomic mass is 32.2. The van der Waals surface area contributed by atoms with Crippen LogP contribution in [0.1, 0.15) is 13.3 Å². The lowest BCUT2D eigenvalue weighted by molar-refractivity contribution is 0.701. The molecule has 0 amide bonds. The van der Waals surface area contributed by atoms with E-state index >= 15 is 0 Å². The summed E-state index contributed by atoms with van der Waals surface area (Å²) in [6.45, 7) is 5.09. The van der Waals surface area contributed by atoms with E-state index in [2.05, 4.69) is 71.5 Å². The van der Waals surface area contributed by atoms with Gasteiger partial charge in [0.1, 0.15) is 0 Å². The standard InChI is InChI=1S/C16H25BN4S/c1-6-9-17(2)14-8-7-13(20-16-18-10-11-19-16)12-15(14)22(5)21(3)4/h7-8,10-12H,5-6,9H2,1-4H3,(H2,18,19,20). The average molecular weight is 316 g/mol. The number of nitrogens with one attached hydrogen (secondary N) is 2. The number of aromatic amines is 1. The Morgan fingerprint density at radius 2 is 2.18 bits per heavy atom. The smallest absolute Gasteiger partial charge is 0.204 e. The van der Waals surface area contributed by atoms with Gasteiger partial charge in [0.15, 0.2) is 6.71 Å². The quantitative estimate of drug-likeness (QED) is 0.607. The lowest BCUT2D eigenvalue weighted by Crippen LogP contribution is -2.29. The minimum absolute atomic E-state index is 0.167. The van der Waals surface area contributed by atoms with Crippen LogP contribution in [-0.4, -0.2) is 41.0 Å². The maximum absolute atomic E-state index is 4.35. The fourth-order valence-electron chi connectivity index (χ4n) is 2.48. The van der Waals surface area contributed by atoms with Crippen LogP contribution < -0.4 is 10.8 Å². The van der Waals surface area contributed by atoms with E-state index in [4.69, 9.17) is 0 Å². The molecule has 0 aliphatic heterocycles. The Labute approximate surface area is 136 Å². The lowest BCUT2D eigenvalue weighted by Gasteiger charge is -2.22. The van der Waals surface area contributed by atoms with Crippen LogP contribution in [0.15, 0.2) is 35.5 Å². The van der Waals surface area contributed by atoms with E-state index in [0.29, 0.717) is 6.71 Å². The van der Waals surface area contributed by atoms with Crippen LogP contribution in [0.2, 0.25) is 13.1 Å². The van der Waals surface area contributed by atoms with E-state index < -0.39 is 0 Å². The topological polar surface area (TPSA) is 44.0 Å². The summed E-state index contributed by atoms with van der Waals surface area (Å²) in [7, 11) is 3.99. The van der Waals surface area contributed by atoms with E-state index in [-0.39, 0.29) is 10.7 Å². The molecule has 0 aliphatic carbocycles. The van der Waals surface area contributed by atoms with Crippen LogP contribution in [-0.2, 0) is 0 Å². The third-order valence-corrected chi connectivity index (χ3v) is 5.46. The molecule has 1 aromatic heterocycles. The number of anilines is 2. The number of hydrogen-bond donors (Lipinski definition) is 2. The number of rotatable bonds is 7. The summed E-state index contributed by atoms with van der Waals surface area (Å²) in [6.07, 6.45) is 5.95. The lowest BCUT2D eigenvalue weighted by atomic mass is 9.44. The van der Waals surface area contributed by atoms with Crippen molar-refractivity contribution in [2.75, 3.05) is 19.4 Å². The highest BCUT2D eigenvalue weighted by Gasteiger charge is 2.16. The average Bonchev–Trinajstić information content (AvgIpc) is 2.99. The summed E-state index contributed by atoms with van der Waals surface area (Å²) < 4.78 is 2.17. The maximum atomic E-state index is 4.35. The summed E-state index contributed by atoms with van der Waals surface area (Å²) >= 11 is 0. The van der Waals surface area contributed by atoms with Gasteiger partial charge in [-0.1, -0.05) is 54.6 Å². The second kappa shape index (κ2) is 7.65. The summed E-state index contributed by atoms with van der Waals surface area (Å²) in [5.41, 5.74) is 2.44. The van der Waals surface area contributed by atoms with Gasteiger partial charge in [0, 0.05) is 23.0 Å². The van der Waals surface area contributed by atoms with E-state index in [1.54, 1.807) is 6.20 Å². The molecule has 0 fully saturated rings. The summed E-state index contributed by atoms with van der Waals surface area (Å²) in [5, 5.41) is 3.31. The number of aromatic nitrogens is 2. The van der Waals surface area contributed by atoms with Crippen molar-refractivity contribution in [2.45, 2.75) is 31.4 Å². The molecule has 1 unspecified atom stereocenters. The fourth-order valence-corrected chi connectivity index (χ4v) is 3.68. The Hall–Kier alpha value is -1.53. The van der Waals surface area contributed by atoms with Gasteiger partial charge in [-0.3, -0.25) is 4.31 Å². The largest absolute Gasteiger partial charge is 0.331 e. The van der Waals surface area contributed by atoms with Gasteiger partial charge in [0.05, 0.1) is 0 Å². The number of imidazole rings is 1. The molecule has 22 heavy (non-hydrogen) atoms. The van der Waals surface area contributed by atoms with Gasteiger partial charge >= 0.3 is 0 Å². The first-order valence-corrected chi connectivity index (χ1v) is 8.99. The predicted molar refractivity (Wildman–Crippen MR) is 101 cm³/mol. The van der Waals surface area contributed by atoms with Crippen molar-refractivity contribution in [1.29, 1.82) is 0 Å². The number of benzene rings is 1. The molecular weight excluding hydrogens is 291 g/mol. The molecule has 0 saturated carbocycles. The Bertz CT molecular complexity index is 625. The van der Waals surface area contributed by atoms with Crippen molar-refractivity contribution in [3.63, 3.8) is 0 Å². The van der Waals surface area contributed by atoms with Crippen molar-refractivity contribution < 1.29 is 0 Å². The fraction of sp³-hybridized carbons (Fsp3) is 0.375. The molecule has 4 nitrogen and oxygen atoms in total. The zero-order valence-electron chi connectivity index (χ0n) is 13.9. The molecular formula is C16H25BN4S. The first kappa shape index (κ1) is 16.8. The Balaban J connectivity index is 2.36. The van der Waals surface area contributed by atoms with Crippen LogP contribution in [0.3, 0.4) is 0 Å². The highest BCUT2D eigenvalue weighted by molar-refractivity contribution is 8.12. The first-order chi connectivity index (χ1) is 10.5. The van der Waals surface area contributed by atoms with Gasteiger partial charge < -0.3 is 10.3 Å². The van der Waals surface area contributed by atoms with Gasteiger partial charge in [-0.25, -0.2) is 4.98 Å². The predicted octanol–water partition coefficient (Wildman–Crippen LogP) is 3.43. The molecule has 2 N–H and O–H groups in total. The van der Waals surface area contributed by atoms with E-state index in [9.17, 15) is 0 Å². The minimum atomic E-state index is -0.167. The molecule has 0 spiro atoms. The van der Waals surface area contributed by atoms with E-state index in [1.807, 2.05) is 6.20 Å². The third kappa shape index (κ3) is 4.02. The third-order valence-electron chi connectivity index (χ3n) is 3.72.